The normalized spacial score (nSPS) is 21.7. The molecule has 1 aliphatic rings. The van der Waals surface area contributed by atoms with E-state index in [9.17, 15) is 4.79 Å². The minimum absolute atomic E-state index is 0.00125. The lowest BCUT2D eigenvalue weighted by Crippen LogP contribution is -2.46. The number of rotatable bonds is 5. The van der Waals surface area contributed by atoms with Gasteiger partial charge in [0, 0.05) is 19.5 Å². The number of aliphatic hydroxyl groups excluding tert-OH is 1. The zero-order valence-corrected chi connectivity index (χ0v) is 9.45. The third-order valence-corrected chi connectivity index (χ3v) is 2.69. The molecule has 1 rings (SSSR count). The molecule has 1 unspecified atom stereocenters. The minimum Gasteiger partial charge on any atom is -0.394 e. The van der Waals surface area contributed by atoms with Crippen LogP contribution in [-0.2, 0) is 9.53 Å². The topological polar surface area (TPSA) is 49.8 Å². The number of hydrogen-bond donors (Lipinski definition) is 1. The molecule has 1 atom stereocenters. The maximum absolute atomic E-state index is 11.7. The van der Waals surface area contributed by atoms with Crippen LogP contribution in [0.2, 0.25) is 0 Å². The zero-order chi connectivity index (χ0) is 11.1. The van der Waals surface area contributed by atoms with Crippen LogP contribution in [0.1, 0.15) is 32.6 Å². The SMILES string of the molecule is CCCCCC(=O)N1CCOC(CO)C1. The van der Waals surface area contributed by atoms with Gasteiger partial charge in [0.25, 0.3) is 0 Å². The lowest BCUT2D eigenvalue weighted by Gasteiger charge is -2.32. The van der Waals surface area contributed by atoms with Gasteiger partial charge >= 0.3 is 0 Å². The van der Waals surface area contributed by atoms with Crippen molar-refractivity contribution >= 4 is 5.91 Å². The molecule has 1 fully saturated rings. The molecule has 0 spiro atoms. The van der Waals surface area contributed by atoms with E-state index in [0.29, 0.717) is 26.1 Å². The molecule has 88 valence electrons. The number of morpholine rings is 1. The fourth-order valence-electron chi connectivity index (χ4n) is 1.74. The molecule has 1 N–H and O–H groups in total. The number of nitrogens with zero attached hydrogens (tertiary/aromatic N) is 1. The van der Waals surface area contributed by atoms with Crippen LogP contribution in [0.25, 0.3) is 0 Å². The van der Waals surface area contributed by atoms with Gasteiger partial charge in [0.2, 0.25) is 5.91 Å². The first kappa shape index (κ1) is 12.5. The summed E-state index contributed by atoms with van der Waals surface area (Å²) < 4.78 is 5.29. The molecule has 1 saturated heterocycles. The van der Waals surface area contributed by atoms with E-state index in [1.165, 1.54) is 0 Å². The summed E-state index contributed by atoms with van der Waals surface area (Å²) in [6.45, 7) is 3.88. The Morgan fingerprint density at radius 1 is 1.53 bits per heavy atom. The second-order valence-electron chi connectivity index (χ2n) is 3.97. The molecule has 0 aliphatic carbocycles. The Bertz CT molecular complexity index is 196. The van der Waals surface area contributed by atoms with E-state index in [4.69, 9.17) is 9.84 Å². The molecule has 0 radical (unpaired) electrons. The summed E-state index contributed by atoms with van der Waals surface area (Å²) in [5.41, 5.74) is 0. The van der Waals surface area contributed by atoms with Crippen LogP contribution in [-0.4, -0.2) is 48.3 Å². The average Bonchev–Trinajstić information content (AvgIpc) is 2.29. The second-order valence-corrected chi connectivity index (χ2v) is 3.97. The number of unbranched alkanes of at least 4 members (excludes halogenated alkanes) is 2. The Labute approximate surface area is 91.2 Å². The van der Waals surface area contributed by atoms with E-state index in [1.807, 2.05) is 0 Å². The van der Waals surface area contributed by atoms with Crippen LogP contribution in [0.15, 0.2) is 0 Å². The Morgan fingerprint density at radius 2 is 2.33 bits per heavy atom. The van der Waals surface area contributed by atoms with Gasteiger partial charge in [0.05, 0.1) is 19.3 Å². The summed E-state index contributed by atoms with van der Waals surface area (Å²) in [5, 5.41) is 8.94. The van der Waals surface area contributed by atoms with Crippen molar-refractivity contribution in [3.05, 3.63) is 0 Å². The number of ether oxygens (including phenoxy) is 1. The Morgan fingerprint density at radius 3 is 3.00 bits per heavy atom. The number of carbonyl (C=O) groups excluding carboxylic acids is 1. The van der Waals surface area contributed by atoms with Gasteiger partial charge < -0.3 is 14.7 Å². The van der Waals surface area contributed by atoms with Crippen LogP contribution in [0.3, 0.4) is 0 Å². The predicted molar refractivity (Wildman–Crippen MR) is 57.5 cm³/mol. The molecular formula is C11H21NO3. The third-order valence-electron chi connectivity index (χ3n) is 2.69. The van der Waals surface area contributed by atoms with Gasteiger partial charge in [-0.05, 0) is 6.42 Å². The standard InChI is InChI=1S/C11H21NO3/c1-2-3-4-5-11(14)12-6-7-15-10(8-12)9-13/h10,13H,2-9H2,1H3. The van der Waals surface area contributed by atoms with Crippen molar-refractivity contribution in [3.8, 4) is 0 Å². The van der Waals surface area contributed by atoms with Gasteiger partial charge in [-0.15, -0.1) is 0 Å². The summed E-state index contributed by atoms with van der Waals surface area (Å²) in [6, 6.07) is 0. The highest BCUT2D eigenvalue weighted by Crippen LogP contribution is 2.08. The van der Waals surface area contributed by atoms with Crippen molar-refractivity contribution in [1.29, 1.82) is 0 Å². The van der Waals surface area contributed by atoms with E-state index >= 15 is 0 Å². The molecule has 4 nitrogen and oxygen atoms in total. The summed E-state index contributed by atoms with van der Waals surface area (Å²) in [5.74, 6) is 0.199. The maximum Gasteiger partial charge on any atom is 0.222 e. The van der Waals surface area contributed by atoms with Gasteiger partial charge in [-0.1, -0.05) is 19.8 Å². The highest BCUT2D eigenvalue weighted by Gasteiger charge is 2.22. The highest BCUT2D eigenvalue weighted by molar-refractivity contribution is 5.76. The first-order valence-corrected chi connectivity index (χ1v) is 5.78. The minimum atomic E-state index is -0.186. The van der Waals surface area contributed by atoms with Crippen LogP contribution >= 0.6 is 0 Å². The second kappa shape index (κ2) is 6.80. The van der Waals surface area contributed by atoms with Crippen molar-refractivity contribution < 1.29 is 14.6 Å². The van der Waals surface area contributed by atoms with E-state index in [0.717, 1.165) is 19.3 Å². The molecule has 4 heteroatoms. The molecule has 1 aliphatic heterocycles. The van der Waals surface area contributed by atoms with Gasteiger partial charge in [-0.25, -0.2) is 0 Å². The van der Waals surface area contributed by atoms with Crippen molar-refractivity contribution in [2.75, 3.05) is 26.3 Å². The molecule has 1 amide bonds. The average molecular weight is 215 g/mol. The first-order valence-electron chi connectivity index (χ1n) is 5.78. The zero-order valence-electron chi connectivity index (χ0n) is 9.45. The van der Waals surface area contributed by atoms with Gasteiger partial charge in [0.15, 0.2) is 0 Å². The first-order chi connectivity index (χ1) is 7.27. The largest absolute Gasteiger partial charge is 0.394 e. The summed E-state index contributed by atoms with van der Waals surface area (Å²) >= 11 is 0. The van der Waals surface area contributed by atoms with Crippen LogP contribution in [0.5, 0.6) is 0 Å². The summed E-state index contributed by atoms with van der Waals surface area (Å²) in [7, 11) is 0. The predicted octanol–water partition coefficient (Wildman–Crippen LogP) is 0.786. The van der Waals surface area contributed by atoms with Crippen molar-refractivity contribution in [2.45, 2.75) is 38.7 Å². The van der Waals surface area contributed by atoms with E-state index in [1.54, 1.807) is 4.90 Å². The molecule has 1 heterocycles. The number of amides is 1. The van der Waals surface area contributed by atoms with Crippen molar-refractivity contribution in [1.82, 2.24) is 4.90 Å². The molecule has 0 aromatic heterocycles. The van der Waals surface area contributed by atoms with Gasteiger partial charge in [-0.3, -0.25) is 4.79 Å². The van der Waals surface area contributed by atoms with Gasteiger partial charge in [0.1, 0.15) is 0 Å². The molecule has 0 aromatic carbocycles. The monoisotopic (exact) mass is 215 g/mol. The van der Waals surface area contributed by atoms with E-state index < -0.39 is 0 Å². The molecule has 0 bridgehead atoms. The van der Waals surface area contributed by atoms with E-state index in [2.05, 4.69) is 6.92 Å². The fourth-order valence-corrected chi connectivity index (χ4v) is 1.74. The summed E-state index contributed by atoms with van der Waals surface area (Å²) in [4.78, 5) is 13.5. The van der Waals surface area contributed by atoms with Crippen LogP contribution in [0.4, 0.5) is 0 Å². The number of aliphatic hydroxyl groups is 1. The quantitative estimate of drug-likeness (QED) is 0.690. The van der Waals surface area contributed by atoms with Crippen molar-refractivity contribution in [2.24, 2.45) is 0 Å². The molecule has 0 aromatic rings. The lowest BCUT2D eigenvalue weighted by atomic mass is 10.2. The smallest absolute Gasteiger partial charge is 0.222 e. The molecular weight excluding hydrogens is 194 g/mol. The molecule has 0 saturated carbocycles. The number of hydrogen-bond acceptors (Lipinski definition) is 3. The highest BCUT2D eigenvalue weighted by atomic mass is 16.5. The van der Waals surface area contributed by atoms with Gasteiger partial charge in [-0.2, -0.15) is 0 Å². The van der Waals surface area contributed by atoms with E-state index in [-0.39, 0.29) is 18.6 Å². The Hall–Kier alpha value is -0.610. The molecule has 15 heavy (non-hydrogen) atoms. The van der Waals surface area contributed by atoms with Crippen LogP contribution in [0, 0.1) is 0 Å². The maximum atomic E-state index is 11.7. The number of carbonyl (C=O) groups is 1. The lowest BCUT2D eigenvalue weighted by molar-refractivity contribution is -0.140. The van der Waals surface area contributed by atoms with Crippen molar-refractivity contribution in [3.63, 3.8) is 0 Å². The third kappa shape index (κ3) is 4.18. The Balaban J connectivity index is 2.25. The fraction of sp³-hybridized carbons (Fsp3) is 0.909. The summed E-state index contributed by atoms with van der Waals surface area (Å²) in [6.07, 6.45) is 3.66. The Kier molecular flexibility index (Phi) is 5.65. The van der Waals surface area contributed by atoms with Crippen LogP contribution < -0.4 is 0 Å².